The largest absolute Gasteiger partial charge is 0.446 e. The Hall–Kier alpha value is -0.830. The van der Waals surface area contributed by atoms with Crippen LogP contribution < -0.4 is 5.32 Å². The second-order valence-electron chi connectivity index (χ2n) is 5.00. The number of aromatic nitrogens is 1. The van der Waals surface area contributed by atoms with Crippen LogP contribution in [0.1, 0.15) is 36.6 Å². The van der Waals surface area contributed by atoms with Crippen LogP contribution in [0.3, 0.4) is 0 Å². The maximum Gasteiger partial charge on any atom is 0.196 e. The van der Waals surface area contributed by atoms with Crippen molar-refractivity contribution >= 4 is 0 Å². The summed E-state index contributed by atoms with van der Waals surface area (Å²) in [7, 11) is 0. The summed E-state index contributed by atoms with van der Waals surface area (Å²) >= 11 is 0. The first-order valence-electron chi connectivity index (χ1n) is 5.91. The summed E-state index contributed by atoms with van der Waals surface area (Å²) in [6.45, 7) is 4.00. The van der Waals surface area contributed by atoms with E-state index >= 15 is 0 Å². The quantitative estimate of drug-likeness (QED) is 0.804. The van der Waals surface area contributed by atoms with Crippen molar-refractivity contribution in [3.63, 3.8) is 0 Å². The Morgan fingerprint density at radius 1 is 1.40 bits per heavy atom. The first-order valence-corrected chi connectivity index (χ1v) is 5.91. The van der Waals surface area contributed by atoms with Gasteiger partial charge in [0.15, 0.2) is 5.89 Å². The molecule has 2 bridgehead atoms. The summed E-state index contributed by atoms with van der Waals surface area (Å²) in [5, 5.41) is 3.67. The van der Waals surface area contributed by atoms with Gasteiger partial charge in [-0.3, -0.25) is 0 Å². The lowest BCUT2D eigenvalue weighted by molar-refractivity contribution is 0.347. The molecule has 1 N–H and O–H groups in total. The Kier molecular flexibility index (Phi) is 2.09. The van der Waals surface area contributed by atoms with Gasteiger partial charge in [-0.1, -0.05) is 0 Å². The molecule has 0 aromatic carbocycles. The number of nitrogens with one attached hydrogen (secondary N) is 1. The van der Waals surface area contributed by atoms with E-state index in [2.05, 4.69) is 10.3 Å². The maximum absolute atomic E-state index is 5.63. The Bertz CT molecular complexity index is 352. The molecule has 3 heteroatoms. The molecule has 1 saturated heterocycles. The number of aryl methyl sites for hydroxylation is 2. The van der Waals surface area contributed by atoms with Gasteiger partial charge in [0.1, 0.15) is 5.76 Å². The average molecular weight is 206 g/mol. The number of rotatable bonds is 2. The minimum Gasteiger partial charge on any atom is -0.446 e. The first kappa shape index (κ1) is 9.40. The fourth-order valence-corrected chi connectivity index (χ4v) is 3.01. The molecule has 0 radical (unpaired) electrons. The Morgan fingerprint density at radius 2 is 2.27 bits per heavy atom. The lowest BCUT2D eigenvalue weighted by Crippen LogP contribution is -2.37. The zero-order chi connectivity index (χ0) is 10.4. The highest BCUT2D eigenvalue weighted by Gasteiger charge is 2.39. The maximum atomic E-state index is 5.63. The second kappa shape index (κ2) is 3.34. The van der Waals surface area contributed by atoms with Crippen LogP contribution in [0.15, 0.2) is 4.42 Å². The SMILES string of the molecule is Cc1nc(CC2NC3CCC2C3)oc1C. The molecular weight excluding hydrogens is 188 g/mol. The van der Waals surface area contributed by atoms with E-state index in [0.717, 1.165) is 35.7 Å². The van der Waals surface area contributed by atoms with Crippen molar-refractivity contribution < 1.29 is 4.42 Å². The standard InChI is InChI=1S/C12H18N2O/c1-7-8(2)15-12(13-7)6-11-9-3-4-10(5-9)14-11/h9-11,14H,3-6H2,1-2H3. The van der Waals surface area contributed by atoms with Crippen LogP contribution in [0.25, 0.3) is 0 Å². The van der Waals surface area contributed by atoms with Crippen molar-refractivity contribution in [1.29, 1.82) is 0 Å². The molecule has 3 atom stereocenters. The molecule has 2 aliphatic rings. The van der Waals surface area contributed by atoms with Crippen LogP contribution in [0, 0.1) is 19.8 Å². The van der Waals surface area contributed by atoms with Crippen LogP contribution in [-0.4, -0.2) is 17.1 Å². The number of oxazole rings is 1. The summed E-state index contributed by atoms with van der Waals surface area (Å²) in [6.07, 6.45) is 5.09. The van der Waals surface area contributed by atoms with Gasteiger partial charge in [0.25, 0.3) is 0 Å². The lowest BCUT2D eigenvalue weighted by atomic mass is 9.97. The predicted molar refractivity (Wildman–Crippen MR) is 57.7 cm³/mol. The molecule has 1 aliphatic heterocycles. The molecule has 3 unspecified atom stereocenters. The lowest BCUT2D eigenvalue weighted by Gasteiger charge is -2.21. The van der Waals surface area contributed by atoms with Gasteiger partial charge in [-0.15, -0.1) is 0 Å². The third kappa shape index (κ3) is 1.59. The predicted octanol–water partition coefficient (Wildman–Crippen LogP) is 1.97. The van der Waals surface area contributed by atoms with Crippen molar-refractivity contribution in [2.75, 3.05) is 0 Å². The smallest absolute Gasteiger partial charge is 0.196 e. The fourth-order valence-electron chi connectivity index (χ4n) is 3.01. The highest BCUT2D eigenvalue weighted by Crippen LogP contribution is 2.36. The highest BCUT2D eigenvalue weighted by atomic mass is 16.4. The number of hydrogen-bond donors (Lipinski definition) is 1. The molecule has 1 saturated carbocycles. The molecule has 3 nitrogen and oxygen atoms in total. The minimum atomic E-state index is 0.612. The van der Waals surface area contributed by atoms with Gasteiger partial charge >= 0.3 is 0 Å². The number of nitrogens with zero attached hydrogens (tertiary/aromatic N) is 1. The molecule has 3 rings (SSSR count). The number of fused-ring (bicyclic) bond motifs is 2. The normalized spacial score (nSPS) is 33.9. The molecule has 1 aromatic rings. The molecule has 1 aromatic heterocycles. The topological polar surface area (TPSA) is 38.1 Å². The summed E-state index contributed by atoms with van der Waals surface area (Å²) in [5.41, 5.74) is 1.04. The van der Waals surface area contributed by atoms with E-state index in [0.29, 0.717) is 6.04 Å². The van der Waals surface area contributed by atoms with E-state index < -0.39 is 0 Å². The monoisotopic (exact) mass is 206 g/mol. The zero-order valence-corrected chi connectivity index (χ0v) is 9.42. The molecule has 0 spiro atoms. The van der Waals surface area contributed by atoms with Crippen LogP contribution in [0.2, 0.25) is 0 Å². The van der Waals surface area contributed by atoms with E-state index in [9.17, 15) is 0 Å². The van der Waals surface area contributed by atoms with E-state index in [-0.39, 0.29) is 0 Å². The minimum absolute atomic E-state index is 0.612. The van der Waals surface area contributed by atoms with Crippen LogP contribution in [-0.2, 0) is 6.42 Å². The average Bonchev–Trinajstić information content (AvgIpc) is 2.84. The molecule has 82 valence electrons. The van der Waals surface area contributed by atoms with Crippen molar-refractivity contribution in [2.24, 2.45) is 5.92 Å². The Labute approximate surface area is 90.3 Å². The second-order valence-corrected chi connectivity index (χ2v) is 5.00. The highest BCUT2D eigenvalue weighted by molar-refractivity contribution is 5.08. The van der Waals surface area contributed by atoms with Gasteiger partial charge < -0.3 is 9.73 Å². The van der Waals surface area contributed by atoms with Gasteiger partial charge in [0, 0.05) is 18.5 Å². The summed E-state index contributed by atoms with van der Waals surface area (Å²) in [5.74, 6) is 2.74. The van der Waals surface area contributed by atoms with Gasteiger partial charge in [0.05, 0.1) is 5.69 Å². The van der Waals surface area contributed by atoms with Crippen LogP contribution >= 0.6 is 0 Å². The number of hydrogen-bond acceptors (Lipinski definition) is 3. The summed E-state index contributed by atoms with van der Waals surface area (Å²) in [6, 6.07) is 1.39. The molecule has 2 fully saturated rings. The fraction of sp³-hybridized carbons (Fsp3) is 0.750. The molecule has 2 heterocycles. The third-order valence-electron chi connectivity index (χ3n) is 3.96. The van der Waals surface area contributed by atoms with E-state index in [4.69, 9.17) is 4.42 Å². The Morgan fingerprint density at radius 3 is 2.80 bits per heavy atom. The van der Waals surface area contributed by atoms with Crippen molar-refractivity contribution in [1.82, 2.24) is 10.3 Å². The van der Waals surface area contributed by atoms with Crippen molar-refractivity contribution in [3.8, 4) is 0 Å². The molecule has 1 aliphatic carbocycles. The summed E-state index contributed by atoms with van der Waals surface area (Å²) < 4.78 is 5.63. The molecular formula is C12H18N2O. The van der Waals surface area contributed by atoms with Gasteiger partial charge in [-0.25, -0.2) is 4.98 Å². The summed E-state index contributed by atoms with van der Waals surface area (Å²) in [4.78, 5) is 4.45. The zero-order valence-electron chi connectivity index (χ0n) is 9.42. The van der Waals surface area contributed by atoms with Crippen molar-refractivity contribution in [3.05, 3.63) is 17.3 Å². The van der Waals surface area contributed by atoms with Gasteiger partial charge in [-0.2, -0.15) is 0 Å². The Balaban J connectivity index is 1.70. The van der Waals surface area contributed by atoms with Crippen LogP contribution in [0.5, 0.6) is 0 Å². The van der Waals surface area contributed by atoms with Crippen molar-refractivity contribution in [2.45, 2.75) is 51.6 Å². The third-order valence-corrected chi connectivity index (χ3v) is 3.96. The van der Waals surface area contributed by atoms with E-state index in [1.807, 2.05) is 13.8 Å². The van der Waals surface area contributed by atoms with Gasteiger partial charge in [0.2, 0.25) is 0 Å². The molecule has 15 heavy (non-hydrogen) atoms. The first-order chi connectivity index (χ1) is 7.22. The van der Waals surface area contributed by atoms with Gasteiger partial charge in [-0.05, 0) is 39.0 Å². The van der Waals surface area contributed by atoms with E-state index in [1.165, 1.54) is 19.3 Å². The number of piperidine rings is 1. The van der Waals surface area contributed by atoms with Crippen LogP contribution in [0.4, 0.5) is 0 Å². The van der Waals surface area contributed by atoms with E-state index in [1.54, 1.807) is 0 Å². The molecule has 0 amide bonds.